The molecule has 1 aliphatic rings. The van der Waals surface area contributed by atoms with Gasteiger partial charge < -0.3 is 10.1 Å². The molecule has 4 nitrogen and oxygen atoms in total. The summed E-state index contributed by atoms with van der Waals surface area (Å²) in [6, 6.07) is 15.4. The molecule has 1 amide bonds. The Kier molecular flexibility index (Phi) is 7.24. The first-order chi connectivity index (χ1) is 13.6. The maximum atomic E-state index is 12.5. The first kappa shape index (κ1) is 20.6. The number of ether oxygens (including phenoxy) is 1. The summed E-state index contributed by atoms with van der Waals surface area (Å²) in [4.78, 5) is 14.8. The fraction of sp³-hybridized carbons (Fsp3) is 0.458. The molecule has 28 heavy (non-hydrogen) atoms. The number of benzene rings is 2. The van der Waals surface area contributed by atoms with E-state index < -0.39 is 0 Å². The fourth-order valence-electron chi connectivity index (χ4n) is 4.00. The molecule has 1 saturated heterocycles. The number of rotatable bonds is 8. The van der Waals surface area contributed by atoms with Crippen molar-refractivity contribution in [3.8, 4) is 11.1 Å². The summed E-state index contributed by atoms with van der Waals surface area (Å²) in [5.74, 6) is 0.129. The molecule has 0 bridgehead atoms. The maximum Gasteiger partial charge on any atom is 0.237 e. The van der Waals surface area contributed by atoms with Crippen molar-refractivity contribution < 1.29 is 9.53 Å². The van der Waals surface area contributed by atoms with E-state index in [1.54, 1.807) is 0 Å². The van der Waals surface area contributed by atoms with Crippen LogP contribution in [0.1, 0.15) is 36.5 Å². The zero-order valence-corrected chi connectivity index (χ0v) is 17.3. The van der Waals surface area contributed by atoms with Gasteiger partial charge in [0.1, 0.15) is 0 Å². The number of nitrogens with zero attached hydrogens (tertiary/aromatic N) is 1. The molecule has 150 valence electrons. The number of carbonyl (C=O) groups is 1. The number of amides is 1. The number of carbonyl (C=O) groups excluding carboxylic acids is 1. The lowest BCUT2D eigenvalue weighted by Gasteiger charge is -2.24. The summed E-state index contributed by atoms with van der Waals surface area (Å²) in [7, 11) is 0. The van der Waals surface area contributed by atoms with Gasteiger partial charge in [-0.1, -0.05) is 53.6 Å². The van der Waals surface area contributed by atoms with E-state index in [1.165, 1.54) is 27.8 Å². The van der Waals surface area contributed by atoms with Crippen LogP contribution >= 0.6 is 0 Å². The largest absolute Gasteiger partial charge is 0.380 e. The minimum absolute atomic E-state index is 0.0271. The van der Waals surface area contributed by atoms with E-state index in [4.69, 9.17) is 4.74 Å². The molecule has 3 rings (SSSR count). The number of nitrogens with one attached hydrogen (secondary N) is 1. The monoisotopic (exact) mass is 380 g/mol. The van der Waals surface area contributed by atoms with Crippen molar-refractivity contribution >= 4 is 5.91 Å². The lowest BCUT2D eigenvalue weighted by molar-refractivity contribution is -0.125. The minimum atomic E-state index is -0.0271. The molecule has 1 atom stereocenters. The van der Waals surface area contributed by atoms with Crippen LogP contribution in [0.2, 0.25) is 0 Å². The topological polar surface area (TPSA) is 41.6 Å². The minimum Gasteiger partial charge on any atom is -0.380 e. The molecule has 0 aliphatic carbocycles. The van der Waals surface area contributed by atoms with E-state index in [9.17, 15) is 4.79 Å². The lowest BCUT2D eigenvalue weighted by Crippen LogP contribution is -2.43. The van der Waals surface area contributed by atoms with Crippen LogP contribution in [0.4, 0.5) is 0 Å². The van der Waals surface area contributed by atoms with E-state index in [2.05, 4.69) is 66.5 Å². The summed E-state index contributed by atoms with van der Waals surface area (Å²) in [5.41, 5.74) is 6.32. The second-order valence-electron chi connectivity index (χ2n) is 7.69. The van der Waals surface area contributed by atoms with Crippen LogP contribution in [0.5, 0.6) is 0 Å². The Morgan fingerprint density at radius 2 is 1.82 bits per heavy atom. The molecule has 2 aromatic carbocycles. The highest BCUT2D eigenvalue weighted by Gasteiger charge is 2.30. The predicted molar refractivity (Wildman–Crippen MR) is 114 cm³/mol. The van der Waals surface area contributed by atoms with Gasteiger partial charge in [0, 0.05) is 19.7 Å². The Labute approximate surface area is 168 Å². The van der Waals surface area contributed by atoms with Crippen molar-refractivity contribution in [3.05, 3.63) is 59.2 Å². The fourth-order valence-corrected chi connectivity index (χ4v) is 4.00. The molecular formula is C24H32N2O2. The number of aryl methyl sites for hydroxylation is 2. The van der Waals surface area contributed by atoms with Gasteiger partial charge in [0.15, 0.2) is 0 Å². The lowest BCUT2D eigenvalue weighted by atomic mass is 9.99. The van der Waals surface area contributed by atoms with E-state index in [-0.39, 0.29) is 11.9 Å². The molecule has 2 aromatic rings. The molecule has 1 heterocycles. The molecule has 0 saturated carbocycles. The van der Waals surface area contributed by atoms with Gasteiger partial charge in [-0.2, -0.15) is 0 Å². The molecule has 1 aliphatic heterocycles. The standard InChI is InChI=1S/C24H32N2O2/c1-4-28-13-11-25-24(27)23-6-5-12-26(23)17-20-7-9-21(10-8-20)22-15-18(2)14-19(3)16-22/h7-10,14-16,23H,4-6,11-13,17H2,1-3H3,(H,25,27). The van der Waals surface area contributed by atoms with Gasteiger partial charge in [0.25, 0.3) is 0 Å². The predicted octanol–water partition coefficient (Wildman–Crippen LogP) is 4.09. The first-order valence-corrected chi connectivity index (χ1v) is 10.3. The molecule has 1 unspecified atom stereocenters. The molecule has 0 spiro atoms. The summed E-state index contributed by atoms with van der Waals surface area (Å²) in [5, 5.41) is 3.01. The van der Waals surface area contributed by atoms with Crippen molar-refractivity contribution in [2.75, 3.05) is 26.3 Å². The van der Waals surface area contributed by atoms with Gasteiger partial charge in [0.2, 0.25) is 5.91 Å². The highest BCUT2D eigenvalue weighted by molar-refractivity contribution is 5.82. The smallest absolute Gasteiger partial charge is 0.237 e. The van der Waals surface area contributed by atoms with Gasteiger partial charge in [-0.25, -0.2) is 0 Å². The second-order valence-corrected chi connectivity index (χ2v) is 7.69. The molecular weight excluding hydrogens is 348 g/mol. The van der Waals surface area contributed by atoms with Crippen LogP contribution in [0.15, 0.2) is 42.5 Å². The third kappa shape index (κ3) is 5.43. The van der Waals surface area contributed by atoms with Crippen molar-refractivity contribution in [1.29, 1.82) is 0 Å². The van der Waals surface area contributed by atoms with Gasteiger partial charge in [-0.15, -0.1) is 0 Å². The molecule has 0 aromatic heterocycles. The second kappa shape index (κ2) is 9.85. The zero-order chi connectivity index (χ0) is 19.9. The van der Waals surface area contributed by atoms with Gasteiger partial charge in [-0.3, -0.25) is 9.69 Å². The molecule has 1 N–H and O–H groups in total. The van der Waals surface area contributed by atoms with E-state index in [0.29, 0.717) is 19.8 Å². The summed E-state index contributed by atoms with van der Waals surface area (Å²) in [6.07, 6.45) is 2.01. The van der Waals surface area contributed by atoms with Crippen molar-refractivity contribution in [2.45, 2.75) is 46.2 Å². The van der Waals surface area contributed by atoms with E-state index in [1.807, 2.05) is 6.92 Å². The maximum absolute atomic E-state index is 12.5. The van der Waals surface area contributed by atoms with Crippen LogP contribution in [0.3, 0.4) is 0 Å². The highest BCUT2D eigenvalue weighted by atomic mass is 16.5. The van der Waals surface area contributed by atoms with Gasteiger partial charge in [-0.05, 0) is 56.8 Å². The molecule has 0 radical (unpaired) electrons. The van der Waals surface area contributed by atoms with E-state index >= 15 is 0 Å². The summed E-state index contributed by atoms with van der Waals surface area (Å²) in [6.45, 7) is 9.88. The average molecular weight is 381 g/mol. The van der Waals surface area contributed by atoms with Gasteiger partial charge >= 0.3 is 0 Å². The Hall–Kier alpha value is -2.17. The third-order valence-electron chi connectivity index (χ3n) is 5.31. The van der Waals surface area contributed by atoms with Crippen LogP contribution in [0, 0.1) is 13.8 Å². The zero-order valence-electron chi connectivity index (χ0n) is 17.3. The molecule has 4 heteroatoms. The SMILES string of the molecule is CCOCCNC(=O)C1CCCN1Cc1ccc(-c2cc(C)cc(C)c2)cc1. The average Bonchev–Trinajstić information content (AvgIpc) is 3.13. The van der Waals surface area contributed by atoms with Crippen LogP contribution in [0.25, 0.3) is 11.1 Å². The van der Waals surface area contributed by atoms with Gasteiger partial charge in [0.05, 0.1) is 12.6 Å². The van der Waals surface area contributed by atoms with Crippen LogP contribution < -0.4 is 5.32 Å². The number of likely N-dealkylation sites (tertiary alicyclic amines) is 1. The Bertz CT molecular complexity index is 765. The summed E-state index contributed by atoms with van der Waals surface area (Å²) < 4.78 is 5.30. The van der Waals surface area contributed by atoms with Crippen molar-refractivity contribution in [1.82, 2.24) is 10.2 Å². The van der Waals surface area contributed by atoms with Crippen molar-refractivity contribution in [2.24, 2.45) is 0 Å². The number of hydrogen-bond acceptors (Lipinski definition) is 3. The van der Waals surface area contributed by atoms with Crippen molar-refractivity contribution in [3.63, 3.8) is 0 Å². The summed E-state index contributed by atoms with van der Waals surface area (Å²) >= 11 is 0. The molecule has 1 fully saturated rings. The quantitative estimate of drug-likeness (QED) is 0.702. The van der Waals surface area contributed by atoms with E-state index in [0.717, 1.165) is 25.9 Å². The Morgan fingerprint density at radius 1 is 1.11 bits per heavy atom. The third-order valence-corrected chi connectivity index (χ3v) is 5.31. The normalized spacial score (nSPS) is 17.0. The van der Waals surface area contributed by atoms with Crippen LogP contribution in [-0.2, 0) is 16.1 Å². The van der Waals surface area contributed by atoms with Crippen LogP contribution in [-0.4, -0.2) is 43.2 Å². The Balaban J connectivity index is 1.60. The number of hydrogen-bond donors (Lipinski definition) is 1. The first-order valence-electron chi connectivity index (χ1n) is 10.3. The Morgan fingerprint density at radius 3 is 2.50 bits per heavy atom. The highest BCUT2D eigenvalue weighted by Crippen LogP contribution is 2.25.